The van der Waals surface area contributed by atoms with Gasteiger partial charge in [0, 0.05) is 23.9 Å². The lowest BCUT2D eigenvalue weighted by molar-refractivity contribution is 0.0764. The second kappa shape index (κ2) is 7.58. The number of hydrogen-bond acceptors (Lipinski definition) is 6. The standard InChI is InChI=1S/C18H21NO4S2/c1-11-7-16(25-10-11)17(20)19-5-6-24-18(19)12-8-14(22-3)15(23-4)9-13(12)21-2/h7-10,18H,5-6H2,1-4H3. The quantitative estimate of drug-likeness (QED) is 0.787. The van der Waals surface area contributed by atoms with Crippen LogP contribution in [0.1, 0.15) is 26.2 Å². The van der Waals surface area contributed by atoms with Crippen LogP contribution < -0.4 is 14.2 Å². The van der Waals surface area contributed by atoms with Crippen LogP contribution in [0.2, 0.25) is 0 Å². The summed E-state index contributed by atoms with van der Waals surface area (Å²) in [5, 5.41) is 1.90. The van der Waals surface area contributed by atoms with Gasteiger partial charge in [0.25, 0.3) is 5.91 Å². The first-order valence-electron chi connectivity index (χ1n) is 7.86. The van der Waals surface area contributed by atoms with Crippen molar-refractivity contribution >= 4 is 29.0 Å². The van der Waals surface area contributed by atoms with Crippen LogP contribution in [0.25, 0.3) is 0 Å². The summed E-state index contributed by atoms with van der Waals surface area (Å²) in [5.74, 6) is 2.88. The minimum atomic E-state index is -0.107. The lowest BCUT2D eigenvalue weighted by atomic mass is 10.1. The molecule has 1 amide bonds. The first-order valence-corrected chi connectivity index (χ1v) is 9.79. The van der Waals surface area contributed by atoms with Crippen LogP contribution in [0.15, 0.2) is 23.6 Å². The molecule has 1 fully saturated rings. The molecule has 0 bridgehead atoms. The van der Waals surface area contributed by atoms with E-state index in [0.717, 1.165) is 21.8 Å². The van der Waals surface area contributed by atoms with Crippen molar-refractivity contribution in [3.8, 4) is 17.2 Å². The Morgan fingerprint density at radius 2 is 1.76 bits per heavy atom. The van der Waals surface area contributed by atoms with Crippen molar-refractivity contribution in [2.75, 3.05) is 33.6 Å². The average molecular weight is 380 g/mol. The van der Waals surface area contributed by atoms with Crippen molar-refractivity contribution < 1.29 is 19.0 Å². The van der Waals surface area contributed by atoms with E-state index >= 15 is 0 Å². The van der Waals surface area contributed by atoms with E-state index in [9.17, 15) is 4.79 Å². The fourth-order valence-corrected chi connectivity index (χ4v) is 4.99. The molecule has 1 aromatic heterocycles. The molecule has 134 valence electrons. The van der Waals surface area contributed by atoms with Crippen molar-refractivity contribution in [1.29, 1.82) is 0 Å². The fraction of sp³-hybridized carbons (Fsp3) is 0.389. The molecule has 0 aliphatic carbocycles. The van der Waals surface area contributed by atoms with Crippen LogP contribution in [-0.2, 0) is 0 Å². The van der Waals surface area contributed by atoms with E-state index in [1.165, 1.54) is 11.3 Å². The molecule has 7 heteroatoms. The fourth-order valence-electron chi connectivity index (χ4n) is 2.87. The number of ether oxygens (including phenoxy) is 3. The number of methoxy groups -OCH3 is 3. The summed E-state index contributed by atoms with van der Waals surface area (Å²) in [4.78, 5) is 15.6. The molecule has 1 aromatic carbocycles. The maximum Gasteiger partial charge on any atom is 0.265 e. The van der Waals surface area contributed by atoms with Gasteiger partial charge in [0.15, 0.2) is 11.5 Å². The van der Waals surface area contributed by atoms with Crippen LogP contribution in [0.4, 0.5) is 0 Å². The Morgan fingerprint density at radius 1 is 1.08 bits per heavy atom. The molecule has 5 nitrogen and oxygen atoms in total. The number of thiophene rings is 1. The van der Waals surface area contributed by atoms with E-state index in [1.807, 2.05) is 35.4 Å². The number of rotatable bonds is 5. The first-order chi connectivity index (χ1) is 12.1. The van der Waals surface area contributed by atoms with E-state index in [2.05, 4.69) is 0 Å². The highest BCUT2D eigenvalue weighted by Gasteiger charge is 2.34. The lowest BCUT2D eigenvalue weighted by Crippen LogP contribution is -2.30. The average Bonchev–Trinajstić information content (AvgIpc) is 3.28. The second-order valence-corrected chi connectivity index (χ2v) is 7.76. The molecule has 0 spiro atoms. The summed E-state index contributed by atoms with van der Waals surface area (Å²) >= 11 is 3.22. The third-order valence-electron chi connectivity index (χ3n) is 4.10. The van der Waals surface area contributed by atoms with Gasteiger partial charge in [-0.15, -0.1) is 23.1 Å². The molecule has 0 saturated carbocycles. The molecule has 1 aliphatic heterocycles. The molecule has 0 radical (unpaired) electrons. The summed E-state index contributed by atoms with van der Waals surface area (Å²) in [5.41, 5.74) is 2.03. The molecule has 2 aromatic rings. The molecule has 2 heterocycles. The molecule has 1 saturated heterocycles. The second-order valence-electron chi connectivity index (χ2n) is 5.66. The number of hydrogen-bond donors (Lipinski definition) is 0. The number of aryl methyl sites for hydroxylation is 1. The molecule has 0 N–H and O–H groups in total. The van der Waals surface area contributed by atoms with Crippen LogP contribution >= 0.6 is 23.1 Å². The van der Waals surface area contributed by atoms with Crippen LogP contribution in [0, 0.1) is 6.92 Å². The SMILES string of the molecule is COc1cc(OC)c(C2SCCN2C(=O)c2cc(C)cs2)cc1OC. The van der Waals surface area contributed by atoms with Gasteiger partial charge in [-0.05, 0) is 30.0 Å². The number of thioether (sulfide) groups is 1. The Hall–Kier alpha value is -1.86. The van der Waals surface area contributed by atoms with E-state index in [-0.39, 0.29) is 11.3 Å². The Morgan fingerprint density at radius 3 is 2.36 bits per heavy atom. The third-order valence-corrected chi connectivity index (χ3v) is 6.37. The van der Waals surface area contributed by atoms with Gasteiger partial charge in [-0.25, -0.2) is 0 Å². The molecule has 1 unspecified atom stereocenters. The van der Waals surface area contributed by atoms with Crippen molar-refractivity contribution in [1.82, 2.24) is 4.90 Å². The van der Waals surface area contributed by atoms with Gasteiger partial charge < -0.3 is 19.1 Å². The van der Waals surface area contributed by atoms with Crippen molar-refractivity contribution in [3.63, 3.8) is 0 Å². The van der Waals surface area contributed by atoms with Gasteiger partial charge in [0.1, 0.15) is 11.1 Å². The molecular weight excluding hydrogens is 358 g/mol. The number of carbonyl (C=O) groups excluding carboxylic acids is 1. The maximum absolute atomic E-state index is 12.9. The number of amides is 1. The predicted octanol–water partition coefficient (Wildman–Crippen LogP) is 3.97. The predicted molar refractivity (Wildman–Crippen MR) is 101 cm³/mol. The highest BCUT2D eigenvalue weighted by atomic mass is 32.2. The summed E-state index contributed by atoms with van der Waals surface area (Å²) in [6, 6.07) is 5.66. The molecule has 3 rings (SSSR count). The zero-order valence-corrected chi connectivity index (χ0v) is 16.3. The Balaban J connectivity index is 1.98. The van der Waals surface area contributed by atoms with Crippen LogP contribution in [0.5, 0.6) is 17.2 Å². The van der Waals surface area contributed by atoms with Crippen molar-refractivity contribution in [2.45, 2.75) is 12.3 Å². The van der Waals surface area contributed by atoms with E-state index in [1.54, 1.807) is 33.1 Å². The smallest absolute Gasteiger partial charge is 0.265 e. The number of carbonyl (C=O) groups is 1. The number of nitrogens with zero attached hydrogens (tertiary/aromatic N) is 1. The summed E-state index contributed by atoms with van der Waals surface area (Å²) in [6.07, 6.45) is 0. The monoisotopic (exact) mass is 379 g/mol. The third kappa shape index (κ3) is 3.43. The lowest BCUT2D eigenvalue weighted by Gasteiger charge is -2.26. The van der Waals surface area contributed by atoms with Gasteiger partial charge >= 0.3 is 0 Å². The molecule has 1 aliphatic rings. The molecule has 1 atom stereocenters. The summed E-state index contributed by atoms with van der Waals surface area (Å²) < 4.78 is 16.3. The zero-order valence-electron chi connectivity index (χ0n) is 14.7. The normalized spacial score (nSPS) is 16.8. The largest absolute Gasteiger partial charge is 0.496 e. The van der Waals surface area contributed by atoms with Gasteiger partial charge in [-0.3, -0.25) is 4.79 Å². The molecular formula is C18H21NO4S2. The van der Waals surface area contributed by atoms with Crippen molar-refractivity contribution in [3.05, 3.63) is 39.6 Å². The highest BCUT2D eigenvalue weighted by molar-refractivity contribution is 7.99. The van der Waals surface area contributed by atoms with Gasteiger partial charge in [0.2, 0.25) is 0 Å². The van der Waals surface area contributed by atoms with Crippen LogP contribution in [0.3, 0.4) is 0 Å². The van der Waals surface area contributed by atoms with E-state index in [0.29, 0.717) is 23.8 Å². The van der Waals surface area contributed by atoms with E-state index in [4.69, 9.17) is 14.2 Å². The van der Waals surface area contributed by atoms with Crippen LogP contribution in [-0.4, -0.2) is 44.4 Å². The number of benzene rings is 1. The van der Waals surface area contributed by atoms with Crippen molar-refractivity contribution in [2.24, 2.45) is 0 Å². The van der Waals surface area contributed by atoms with Gasteiger partial charge in [-0.1, -0.05) is 0 Å². The topological polar surface area (TPSA) is 48.0 Å². The highest BCUT2D eigenvalue weighted by Crippen LogP contribution is 2.46. The summed E-state index contributed by atoms with van der Waals surface area (Å²) in [7, 11) is 4.82. The van der Waals surface area contributed by atoms with Gasteiger partial charge in [0.05, 0.1) is 26.2 Å². The first kappa shape index (κ1) is 17.9. The zero-order chi connectivity index (χ0) is 18.0. The Kier molecular flexibility index (Phi) is 5.44. The minimum absolute atomic E-state index is 0.0601. The van der Waals surface area contributed by atoms with E-state index < -0.39 is 0 Å². The Bertz CT molecular complexity index is 774. The maximum atomic E-state index is 12.9. The summed E-state index contributed by atoms with van der Waals surface area (Å²) in [6.45, 7) is 2.71. The van der Waals surface area contributed by atoms with Gasteiger partial charge in [-0.2, -0.15) is 0 Å². The minimum Gasteiger partial charge on any atom is -0.496 e. The Labute approximate surface area is 155 Å². The molecule has 25 heavy (non-hydrogen) atoms.